The third-order valence-electron chi connectivity index (χ3n) is 3.38. The standard InChI is InChI=1S/C15H11ClF3N3O3/c1-8-2-3-10(7-13(8)22(24)25)21(14(20)23)9-4-5-12(16)11(6-9)15(17,18)19/h2-7H,1H3,(H2,20,23). The summed E-state index contributed by atoms with van der Waals surface area (Å²) in [5.41, 5.74) is 3.88. The molecule has 0 saturated heterocycles. The van der Waals surface area contributed by atoms with Crippen LogP contribution in [0.15, 0.2) is 36.4 Å². The van der Waals surface area contributed by atoms with Crippen LogP contribution in [-0.4, -0.2) is 11.0 Å². The number of alkyl halides is 3. The number of nitrogens with two attached hydrogens (primary N) is 1. The fourth-order valence-electron chi connectivity index (χ4n) is 2.21. The van der Waals surface area contributed by atoms with E-state index in [-0.39, 0.29) is 17.1 Å². The van der Waals surface area contributed by atoms with Crippen molar-refractivity contribution in [3.63, 3.8) is 0 Å². The number of halogens is 4. The van der Waals surface area contributed by atoms with Crippen LogP contribution in [0.25, 0.3) is 0 Å². The Morgan fingerprint density at radius 2 is 1.76 bits per heavy atom. The number of carbonyl (C=O) groups is 1. The number of nitro benzene ring substituents is 1. The molecule has 132 valence electrons. The number of urea groups is 1. The van der Waals surface area contributed by atoms with E-state index in [0.29, 0.717) is 11.6 Å². The van der Waals surface area contributed by atoms with Gasteiger partial charge >= 0.3 is 12.2 Å². The first-order chi connectivity index (χ1) is 11.5. The zero-order valence-electron chi connectivity index (χ0n) is 12.7. The van der Waals surface area contributed by atoms with Gasteiger partial charge in [-0.15, -0.1) is 0 Å². The molecule has 2 aromatic carbocycles. The molecule has 0 fully saturated rings. The van der Waals surface area contributed by atoms with Gasteiger partial charge in [-0.1, -0.05) is 17.7 Å². The number of hydrogen-bond donors (Lipinski definition) is 1. The topological polar surface area (TPSA) is 89.5 Å². The molecule has 0 heterocycles. The normalized spacial score (nSPS) is 11.2. The molecule has 0 saturated carbocycles. The second kappa shape index (κ2) is 6.60. The molecule has 0 aliphatic carbocycles. The highest BCUT2D eigenvalue weighted by atomic mass is 35.5. The number of nitrogens with zero attached hydrogens (tertiary/aromatic N) is 2. The molecule has 0 aromatic heterocycles. The Morgan fingerprint density at radius 3 is 2.28 bits per heavy atom. The predicted molar refractivity (Wildman–Crippen MR) is 86.0 cm³/mol. The molecule has 0 atom stereocenters. The molecule has 10 heteroatoms. The third kappa shape index (κ3) is 3.82. The Balaban J connectivity index is 2.63. The summed E-state index contributed by atoms with van der Waals surface area (Å²) in [5, 5.41) is 10.5. The van der Waals surface area contributed by atoms with Gasteiger partial charge in [-0.05, 0) is 31.2 Å². The molecule has 0 aliphatic heterocycles. The summed E-state index contributed by atoms with van der Waals surface area (Å²) in [6, 6.07) is 5.44. The minimum absolute atomic E-state index is 0.0414. The van der Waals surface area contributed by atoms with E-state index in [1.54, 1.807) is 0 Å². The highest BCUT2D eigenvalue weighted by Crippen LogP contribution is 2.39. The lowest BCUT2D eigenvalue weighted by Gasteiger charge is -2.22. The molecule has 6 nitrogen and oxygen atoms in total. The van der Waals surface area contributed by atoms with Crippen molar-refractivity contribution in [3.05, 3.63) is 62.7 Å². The number of amides is 2. The van der Waals surface area contributed by atoms with Crippen molar-refractivity contribution >= 4 is 34.7 Å². The summed E-state index contributed by atoms with van der Waals surface area (Å²) in [6.07, 6.45) is -4.74. The Morgan fingerprint density at radius 1 is 1.20 bits per heavy atom. The summed E-state index contributed by atoms with van der Waals surface area (Å²) >= 11 is 5.55. The molecule has 0 aliphatic rings. The molecule has 2 rings (SSSR count). The van der Waals surface area contributed by atoms with E-state index in [2.05, 4.69) is 0 Å². The fraction of sp³-hybridized carbons (Fsp3) is 0.133. The van der Waals surface area contributed by atoms with E-state index in [0.717, 1.165) is 23.1 Å². The quantitative estimate of drug-likeness (QED) is 0.619. The lowest BCUT2D eigenvalue weighted by molar-refractivity contribution is -0.385. The average Bonchev–Trinajstić information content (AvgIpc) is 2.49. The van der Waals surface area contributed by atoms with E-state index in [1.165, 1.54) is 19.1 Å². The van der Waals surface area contributed by atoms with Crippen molar-refractivity contribution in [1.29, 1.82) is 0 Å². The molecule has 2 N–H and O–H groups in total. The van der Waals surface area contributed by atoms with E-state index in [4.69, 9.17) is 17.3 Å². The van der Waals surface area contributed by atoms with Crippen LogP contribution < -0.4 is 10.6 Å². The third-order valence-corrected chi connectivity index (χ3v) is 3.71. The number of benzene rings is 2. The van der Waals surface area contributed by atoms with Gasteiger partial charge in [0.15, 0.2) is 0 Å². The molecule has 2 aromatic rings. The van der Waals surface area contributed by atoms with E-state index >= 15 is 0 Å². The lowest BCUT2D eigenvalue weighted by Crippen LogP contribution is -2.31. The summed E-state index contributed by atoms with van der Waals surface area (Å²) in [7, 11) is 0. The van der Waals surface area contributed by atoms with Crippen molar-refractivity contribution in [1.82, 2.24) is 0 Å². The van der Waals surface area contributed by atoms with Crippen molar-refractivity contribution in [3.8, 4) is 0 Å². The van der Waals surface area contributed by atoms with Crippen LogP contribution in [0.5, 0.6) is 0 Å². The van der Waals surface area contributed by atoms with E-state index in [9.17, 15) is 28.1 Å². The number of hydrogen-bond acceptors (Lipinski definition) is 3. The van der Waals surface area contributed by atoms with Gasteiger partial charge < -0.3 is 5.73 Å². The van der Waals surface area contributed by atoms with Crippen LogP contribution in [0.4, 0.5) is 35.0 Å². The number of nitro groups is 1. The summed E-state index contributed by atoms with van der Waals surface area (Å²) in [5.74, 6) is 0. The van der Waals surface area contributed by atoms with Crippen molar-refractivity contribution < 1.29 is 22.9 Å². The Labute approximate surface area is 144 Å². The van der Waals surface area contributed by atoms with Crippen LogP contribution in [-0.2, 0) is 6.18 Å². The molecule has 0 bridgehead atoms. The number of anilines is 2. The monoisotopic (exact) mass is 373 g/mol. The number of carbonyl (C=O) groups excluding carboxylic acids is 1. The minimum atomic E-state index is -4.74. The molecule has 0 radical (unpaired) electrons. The van der Waals surface area contributed by atoms with Gasteiger partial charge in [0.2, 0.25) is 0 Å². The largest absolute Gasteiger partial charge is 0.417 e. The zero-order valence-corrected chi connectivity index (χ0v) is 13.4. The first kappa shape index (κ1) is 18.5. The maximum absolute atomic E-state index is 13.0. The molecular weight excluding hydrogens is 363 g/mol. The van der Waals surface area contributed by atoms with Gasteiger partial charge in [-0.3, -0.25) is 15.0 Å². The first-order valence-electron chi connectivity index (χ1n) is 6.73. The van der Waals surface area contributed by atoms with Gasteiger partial charge in [-0.2, -0.15) is 13.2 Å². The smallest absolute Gasteiger partial charge is 0.351 e. The SMILES string of the molecule is Cc1ccc(N(C(N)=O)c2ccc(Cl)c(C(F)(F)F)c2)cc1[N+](=O)[O-]. The van der Waals surface area contributed by atoms with Crippen LogP contribution in [0, 0.1) is 17.0 Å². The van der Waals surface area contributed by atoms with Crippen LogP contribution in [0.3, 0.4) is 0 Å². The Bertz CT molecular complexity index is 856. The van der Waals surface area contributed by atoms with E-state index < -0.39 is 27.7 Å². The maximum Gasteiger partial charge on any atom is 0.417 e. The van der Waals surface area contributed by atoms with E-state index in [1.807, 2.05) is 0 Å². The zero-order chi connectivity index (χ0) is 18.9. The fourth-order valence-corrected chi connectivity index (χ4v) is 2.43. The number of aryl methyl sites for hydroxylation is 1. The second-order valence-electron chi connectivity index (χ2n) is 5.06. The Kier molecular flexibility index (Phi) is 4.89. The van der Waals surface area contributed by atoms with Gasteiger partial charge in [0.25, 0.3) is 5.69 Å². The number of rotatable bonds is 3. The lowest BCUT2D eigenvalue weighted by atomic mass is 10.1. The summed E-state index contributed by atoms with van der Waals surface area (Å²) in [4.78, 5) is 22.9. The summed E-state index contributed by atoms with van der Waals surface area (Å²) < 4.78 is 39.0. The van der Waals surface area contributed by atoms with Crippen LogP contribution in [0.1, 0.15) is 11.1 Å². The van der Waals surface area contributed by atoms with Crippen molar-refractivity contribution in [2.24, 2.45) is 5.73 Å². The van der Waals surface area contributed by atoms with Gasteiger partial charge in [0, 0.05) is 11.6 Å². The summed E-state index contributed by atoms with van der Waals surface area (Å²) in [6.45, 7) is 1.49. The first-order valence-corrected chi connectivity index (χ1v) is 7.11. The molecule has 25 heavy (non-hydrogen) atoms. The molecular formula is C15H11ClF3N3O3. The van der Waals surface area contributed by atoms with Crippen molar-refractivity contribution in [2.75, 3.05) is 4.90 Å². The van der Waals surface area contributed by atoms with Crippen molar-refractivity contribution in [2.45, 2.75) is 13.1 Å². The maximum atomic E-state index is 13.0. The van der Waals surface area contributed by atoms with Gasteiger partial charge in [-0.25, -0.2) is 4.79 Å². The average molecular weight is 374 g/mol. The molecule has 0 unspecified atom stereocenters. The van der Waals surface area contributed by atoms with Crippen LogP contribution >= 0.6 is 11.6 Å². The molecule has 0 spiro atoms. The Hall–Kier alpha value is -2.81. The highest BCUT2D eigenvalue weighted by molar-refractivity contribution is 6.31. The van der Waals surface area contributed by atoms with Gasteiger partial charge in [0.05, 0.1) is 26.9 Å². The minimum Gasteiger partial charge on any atom is -0.351 e. The van der Waals surface area contributed by atoms with Gasteiger partial charge in [0.1, 0.15) is 0 Å². The number of primary amides is 1. The van der Waals surface area contributed by atoms with Crippen LogP contribution in [0.2, 0.25) is 5.02 Å². The highest BCUT2D eigenvalue weighted by Gasteiger charge is 2.34. The second-order valence-corrected chi connectivity index (χ2v) is 5.47. The molecule has 2 amide bonds. The predicted octanol–water partition coefficient (Wildman–Crippen LogP) is 4.79.